The number of rotatable bonds is 5. The van der Waals surface area contributed by atoms with E-state index in [1.54, 1.807) is 0 Å². The number of benzene rings is 1. The highest BCUT2D eigenvalue weighted by atomic mass is 35.5. The maximum Gasteiger partial charge on any atom is 0.253 e. The molecule has 0 aliphatic carbocycles. The maximum absolute atomic E-state index is 12.9. The van der Waals surface area contributed by atoms with Gasteiger partial charge in [0.15, 0.2) is 0 Å². The third-order valence-electron chi connectivity index (χ3n) is 4.38. The molecular weight excluding hydrogens is 348 g/mol. The van der Waals surface area contributed by atoms with Crippen molar-refractivity contribution >= 4 is 27.5 Å². The number of hydrogen-bond acceptors (Lipinski definition) is 3. The molecule has 2 rings (SSSR count). The Morgan fingerprint density at radius 1 is 1.25 bits per heavy atom. The van der Waals surface area contributed by atoms with Crippen LogP contribution in [0.5, 0.6) is 0 Å². The molecule has 0 spiro atoms. The Balaban J connectivity index is 2.30. The van der Waals surface area contributed by atoms with Crippen LogP contribution in [0.1, 0.15) is 56.3 Å². The smallest absolute Gasteiger partial charge is 0.253 e. The highest BCUT2D eigenvalue weighted by molar-refractivity contribution is 7.89. The summed E-state index contributed by atoms with van der Waals surface area (Å²) in [6, 6.07) is 4.35. The lowest BCUT2D eigenvalue weighted by atomic mass is 10.2. The Bertz CT molecular complexity index is 683. The lowest BCUT2D eigenvalue weighted by Gasteiger charge is -2.20. The topological polar surface area (TPSA) is 66.5 Å². The second-order valence-electron chi connectivity index (χ2n) is 6.24. The van der Waals surface area contributed by atoms with E-state index in [1.165, 1.54) is 22.5 Å². The van der Waals surface area contributed by atoms with Crippen LogP contribution in [0.25, 0.3) is 0 Å². The molecule has 1 aromatic rings. The van der Waals surface area contributed by atoms with Crippen LogP contribution in [0, 0.1) is 0 Å². The summed E-state index contributed by atoms with van der Waals surface area (Å²) in [6.45, 7) is 4.91. The fourth-order valence-electron chi connectivity index (χ4n) is 2.67. The largest absolute Gasteiger partial charge is 0.350 e. The van der Waals surface area contributed by atoms with Gasteiger partial charge in [0.05, 0.1) is 15.5 Å². The third-order valence-corrected chi connectivity index (χ3v) is 6.60. The van der Waals surface area contributed by atoms with E-state index in [0.29, 0.717) is 13.1 Å². The number of sulfonamides is 1. The van der Waals surface area contributed by atoms with Crippen LogP contribution in [0.15, 0.2) is 23.1 Å². The fraction of sp³-hybridized carbons (Fsp3) is 0.588. The molecule has 1 atom stereocenters. The van der Waals surface area contributed by atoms with Crippen LogP contribution < -0.4 is 5.32 Å². The van der Waals surface area contributed by atoms with Gasteiger partial charge >= 0.3 is 0 Å². The Morgan fingerprint density at radius 2 is 1.88 bits per heavy atom. The molecular formula is C17H25ClN2O3S. The van der Waals surface area contributed by atoms with Gasteiger partial charge in [-0.2, -0.15) is 4.31 Å². The molecule has 1 N–H and O–H groups in total. The molecule has 1 amide bonds. The molecule has 0 saturated carbocycles. The summed E-state index contributed by atoms with van der Waals surface area (Å²) < 4.78 is 27.2. The molecule has 1 aromatic carbocycles. The molecule has 1 saturated heterocycles. The van der Waals surface area contributed by atoms with Crippen molar-refractivity contribution in [1.82, 2.24) is 9.62 Å². The van der Waals surface area contributed by atoms with Gasteiger partial charge in [-0.05, 0) is 44.4 Å². The van der Waals surface area contributed by atoms with Crippen molar-refractivity contribution < 1.29 is 13.2 Å². The van der Waals surface area contributed by atoms with E-state index in [4.69, 9.17) is 11.6 Å². The Labute approximate surface area is 149 Å². The predicted molar refractivity (Wildman–Crippen MR) is 95.9 cm³/mol. The van der Waals surface area contributed by atoms with Gasteiger partial charge in [0.2, 0.25) is 10.0 Å². The standard InChI is InChI=1S/C17H25ClN2O3S/c1-3-13(2)19-17(21)15-12-14(8-9-16(15)18)24(22,23)20-10-6-4-5-7-11-20/h8-9,12-13H,3-7,10-11H2,1-2H3,(H,19,21). The van der Waals surface area contributed by atoms with Gasteiger partial charge < -0.3 is 5.32 Å². The van der Waals surface area contributed by atoms with Crippen molar-refractivity contribution in [1.29, 1.82) is 0 Å². The minimum atomic E-state index is -3.60. The first-order valence-corrected chi connectivity index (χ1v) is 10.3. The molecule has 1 aliphatic rings. The minimum Gasteiger partial charge on any atom is -0.350 e. The Hall–Kier alpha value is -1.11. The quantitative estimate of drug-likeness (QED) is 0.860. The summed E-state index contributed by atoms with van der Waals surface area (Å²) in [7, 11) is -3.60. The summed E-state index contributed by atoms with van der Waals surface area (Å²) in [5.74, 6) is -0.345. The van der Waals surface area contributed by atoms with E-state index in [0.717, 1.165) is 32.1 Å². The molecule has 24 heavy (non-hydrogen) atoms. The highest BCUT2D eigenvalue weighted by Crippen LogP contribution is 2.25. The lowest BCUT2D eigenvalue weighted by Crippen LogP contribution is -2.33. The average Bonchev–Trinajstić information content (AvgIpc) is 2.84. The molecule has 1 aliphatic heterocycles. The van der Waals surface area contributed by atoms with Gasteiger partial charge in [-0.15, -0.1) is 0 Å². The van der Waals surface area contributed by atoms with Gasteiger partial charge in [0.1, 0.15) is 0 Å². The van der Waals surface area contributed by atoms with E-state index in [1.807, 2.05) is 13.8 Å². The highest BCUT2D eigenvalue weighted by Gasteiger charge is 2.26. The third kappa shape index (κ3) is 4.49. The number of hydrogen-bond donors (Lipinski definition) is 1. The molecule has 5 nitrogen and oxygen atoms in total. The predicted octanol–water partition coefficient (Wildman–Crippen LogP) is 3.43. The van der Waals surface area contributed by atoms with E-state index in [-0.39, 0.29) is 27.4 Å². The molecule has 1 fully saturated rings. The zero-order valence-electron chi connectivity index (χ0n) is 14.2. The van der Waals surface area contributed by atoms with Crippen LogP contribution in [0.4, 0.5) is 0 Å². The van der Waals surface area contributed by atoms with Crippen LogP contribution >= 0.6 is 11.6 Å². The van der Waals surface area contributed by atoms with E-state index >= 15 is 0 Å². The van der Waals surface area contributed by atoms with Crippen molar-refractivity contribution in [2.45, 2.75) is 56.9 Å². The SMILES string of the molecule is CCC(C)NC(=O)c1cc(S(=O)(=O)N2CCCCCC2)ccc1Cl. The summed E-state index contributed by atoms with van der Waals surface area (Å²) in [4.78, 5) is 12.5. The van der Waals surface area contributed by atoms with Crippen LogP contribution in [0.2, 0.25) is 5.02 Å². The normalized spacial score (nSPS) is 18.0. The van der Waals surface area contributed by atoms with Gasteiger partial charge in [-0.3, -0.25) is 4.79 Å². The fourth-order valence-corrected chi connectivity index (χ4v) is 4.42. The second kappa shape index (κ2) is 8.32. The average molecular weight is 373 g/mol. The Kier molecular flexibility index (Phi) is 6.66. The van der Waals surface area contributed by atoms with Crippen molar-refractivity contribution in [2.24, 2.45) is 0 Å². The number of amides is 1. The second-order valence-corrected chi connectivity index (χ2v) is 8.59. The van der Waals surface area contributed by atoms with Crippen molar-refractivity contribution in [3.8, 4) is 0 Å². The maximum atomic E-state index is 12.9. The van der Waals surface area contributed by atoms with Gasteiger partial charge in [0, 0.05) is 19.1 Å². The lowest BCUT2D eigenvalue weighted by molar-refractivity contribution is 0.0939. The van der Waals surface area contributed by atoms with E-state index in [9.17, 15) is 13.2 Å². The first-order chi connectivity index (χ1) is 11.4. The Morgan fingerprint density at radius 3 is 2.46 bits per heavy atom. The van der Waals surface area contributed by atoms with Crippen molar-refractivity contribution in [2.75, 3.05) is 13.1 Å². The first kappa shape index (κ1) is 19.2. The summed E-state index contributed by atoms with van der Waals surface area (Å²) in [5, 5.41) is 3.08. The first-order valence-electron chi connectivity index (χ1n) is 8.47. The van der Waals surface area contributed by atoms with Gasteiger partial charge in [-0.1, -0.05) is 31.4 Å². The number of carbonyl (C=O) groups excluding carboxylic acids is 1. The van der Waals surface area contributed by atoms with Crippen LogP contribution in [-0.2, 0) is 10.0 Å². The summed E-state index contributed by atoms with van der Waals surface area (Å²) in [5.41, 5.74) is 0.202. The van der Waals surface area contributed by atoms with Crippen LogP contribution in [0.3, 0.4) is 0 Å². The zero-order valence-corrected chi connectivity index (χ0v) is 15.8. The summed E-state index contributed by atoms with van der Waals surface area (Å²) in [6.07, 6.45) is 4.63. The molecule has 134 valence electrons. The number of nitrogens with zero attached hydrogens (tertiary/aromatic N) is 1. The molecule has 7 heteroatoms. The monoisotopic (exact) mass is 372 g/mol. The van der Waals surface area contributed by atoms with Gasteiger partial charge in [0.25, 0.3) is 5.91 Å². The van der Waals surface area contributed by atoms with Crippen molar-refractivity contribution in [3.63, 3.8) is 0 Å². The number of nitrogens with one attached hydrogen (secondary N) is 1. The molecule has 1 unspecified atom stereocenters. The van der Waals surface area contributed by atoms with Crippen molar-refractivity contribution in [3.05, 3.63) is 28.8 Å². The summed E-state index contributed by atoms with van der Waals surface area (Å²) >= 11 is 6.11. The number of carbonyl (C=O) groups is 1. The van der Waals surface area contributed by atoms with Crippen LogP contribution in [-0.4, -0.2) is 37.8 Å². The van der Waals surface area contributed by atoms with Gasteiger partial charge in [-0.25, -0.2) is 8.42 Å². The minimum absolute atomic E-state index is 0.000521. The molecule has 1 heterocycles. The molecule has 0 radical (unpaired) electrons. The molecule has 0 aromatic heterocycles. The van der Waals surface area contributed by atoms with E-state index < -0.39 is 10.0 Å². The number of halogens is 1. The molecule has 0 bridgehead atoms. The zero-order chi connectivity index (χ0) is 17.7. The van der Waals surface area contributed by atoms with E-state index in [2.05, 4.69) is 5.32 Å².